The van der Waals surface area contributed by atoms with E-state index in [4.69, 9.17) is 5.73 Å². The summed E-state index contributed by atoms with van der Waals surface area (Å²) in [7, 11) is 0. The Morgan fingerprint density at radius 1 is 1.29 bits per heavy atom. The summed E-state index contributed by atoms with van der Waals surface area (Å²) in [6.45, 7) is 0.0966. The number of amides is 1. The maximum atomic E-state index is 13.6. The van der Waals surface area contributed by atoms with Gasteiger partial charge in [0, 0.05) is 6.54 Å². The largest absolute Gasteiger partial charge is 0.416 e. The van der Waals surface area contributed by atoms with Gasteiger partial charge in [0.1, 0.15) is 5.82 Å². The smallest absolute Gasteiger partial charge is 0.329 e. The lowest BCUT2D eigenvalue weighted by atomic mass is 9.85. The molecule has 0 atom stereocenters. The first-order valence-corrected chi connectivity index (χ1v) is 6.67. The molecule has 0 aliphatic heterocycles. The van der Waals surface area contributed by atoms with E-state index in [0.717, 1.165) is 12.8 Å². The van der Waals surface area contributed by atoms with E-state index in [0.29, 0.717) is 31.0 Å². The van der Waals surface area contributed by atoms with Crippen molar-refractivity contribution in [2.24, 2.45) is 11.1 Å². The highest BCUT2D eigenvalue weighted by Gasteiger charge is 2.40. The highest BCUT2D eigenvalue weighted by atomic mass is 19.4. The van der Waals surface area contributed by atoms with Crippen LogP contribution >= 0.6 is 0 Å². The topological polar surface area (TPSA) is 55.1 Å². The van der Waals surface area contributed by atoms with Crippen molar-refractivity contribution in [1.82, 2.24) is 0 Å². The van der Waals surface area contributed by atoms with Crippen LogP contribution in [0.5, 0.6) is 0 Å². The molecule has 7 heteroatoms. The number of nitrogens with one attached hydrogen (secondary N) is 1. The summed E-state index contributed by atoms with van der Waals surface area (Å²) in [6.07, 6.45) is -1.80. The third-order valence-corrected chi connectivity index (χ3v) is 3.97. The molecule has 0 bridgehead atoms. The summed E-state index contributed by atoms with van der Waals surface area (Å²) in [5, 5.41) is 2.26. The molecule has 1 aromatic rings. The maximum absolute atomic E-state index is 13.6. The molecule has 1 amide bonds. The van der Waals surface area contributed by atoms with Crippen LogP contribution in [0.1, 0.15) is 31.2 Å². The summed E-state index contributed by atoms with van der Waals surface area (Å²) in [4.78, 5) is 12.2. The van der Waals surface area contributed by atoms with Crippen molar-refractivity contribution in [1.29, 1.82) is 0 Å². The molecule has 1 aliphatic rings. The minimum Gasteiger partial charge on any atom is -0.329 e. The van der Waals surface area contributed by atoms with Crippen LogP contribution < -0.4 is 11.1 Å². The van der Waals surface area contributed by atoms with Gasteiger partial charge < -0.3 is 11.1 Å². The van der Waals surface area contributed by atoms with Crippen LogP contribution in [0.3, 0.4) is 0 Å². The lowest BCUT2D eigenvalue weighted by Gasteiger charge is -2.26. The second kappa shape index (κ2) is 5.63. The Balaban J connectivity index is 2.25. The molecule has 0 saturated heterocycles. The SMILES string of the molecule is NCC1(C(=O)Nc2cc(C(F)(F)F)ccc2F)CCCC1. The van der Waals surface area contributed by atoms with E-state index in [9.17, 15) is 22.4 Å². The molecular weight excluding hydrogens is 288 g/mol. The van der Waals surface area contributed by atoms with Crippen molar-refractivity contribution in [2.75, 3.05) is 11.9 Å². The van der Waals surface area contributed by atoms with Gasteiger partial charge in [-0.15, -0.1) is 0 Å². The molecule has 0 spiro atoms. The molecule has 3 N–H and O–H groups in total. The van der Waals surface area contributed by atoms with Gasteiger partial charge in [0.05, 0.1) is 16.7 Å². The van der Waals surface area contributed by atoms with E-state index in [2.05, 4.69) is 5.32 Å². The Morgan fingerprint density at radius 3 is 2.43 bits per heavy atom. The molecule has 0 aromatic heterocycles. The normalized spacial score (nSPS) is 17.8. The molecule has 1 aliphatic carbocycles. The van der Waals surface area contributed by atoms with Crippen molar-refractivity contribution >= 4 is 11.6 Å². The zero-order valence-electron chi connectivity index (χ0n) is 11.3. The number of alkyl halides is 3. The number of benzene rings is 1. The third-order valence-electron chi connectivity index (χ3n) is 3.97. The van der Waals surface area contributed by atoms with Gasteiger partial charge in [-0.3, -0.25) is 4.79 Å². The standard InChI is InChI=1S/C14H16F4N2O/c15-10-4-3-9(14(16,17)18)7-11(10)20-12(21)13(8-19)5-1-2-6-13/h3-4,7H,1-2,5-6,8,19H2,(H,20,21). The van der Waals surface area contributed by atoms with E-state index >= 15 is 0 Å². The lowest BCUT2D eigenvalue weighted by molar-refractivity contribution is -0.137. The number of hydrogen-bond acceptors (Lipinski definition) is 2. The van der Waals surface area contributed by atoms with Crippen molar-refractivity contribution < 1.29 is 22.4 Å². The summed E-state index contributed by atoms with van der Waals surface area (Å²) in [5.74, 6) is -1.41. The van der Waals surface area contributed by atoms with Crippen LogP contribution in [0, 0.1) is 11.2 Å². The summed E-state index contributed by atoms with van der Waals surface area (Å²) in [6, 6.07) is 1.94. The Kier molecular flexibility index (Phi) is 4.22. The fraction of sp³-hybridized carbons (Fsp3) is 0.500. The molecule has 3 nitrogen and oxygen atoms in total. The Bertz CT molecular complexity index is 536. The number of hydrogen-bond donors (Lipinski definition) is 2. The lowest BCUT2D eigenvalue weighted by Crippen LogP contribution is -2.40. The van der Waals surface area contributed by atoms with Crippen LogP contribution in [0.2, 0.25) is 0 Å². The zero-order chi connectivity index (χ0) is 15.7. The van der Waals surface area contributed by atoms with Gasteiger partial charge in [-0.25, -0.2) is 4.39 Å². The van der Waals surface area contributed by atoms with Crippen LogP contribution in [0.4, 0.5) is 23.2 Å². The van der Waals surface area contributed by atoms with Gasteiger partial charge in [0.15, 0.2) is 0 Å². The van der Waals surface area contributed by atoms with E-state index in [1.807, 2.05) is 0 Å². The fourth-order valence-electron chi connectivity index (χ4n) is 2.63. The number of halogens is 4. The molecule has 21 heavy (non-hydrogen) atoms. The highest BCUT2D eigenvalue weighted by molar-refractivity contribution is 5.95. The van der Waals surface area contributed by atoms with Gasteiger partial charge in [-0.2, -0.15) is 13.2 Å². The Labute approximate surface area is 119 Å². The van der Waals surface area contributed by atoms with Crippen molar-refractivity contribution in [3.63, 3.8) is 0 Å². The van der Waals surface area contributed by atoms with Crippen LogP contribution in [-0.2, 0) is 11.0 Å². The maximum Gasteiger partial charge on any atom is 0.416 e. The molecule has 1 fully saturated rings. The zero-order valence-corrected chi connectivity index (χ0v) is 11.3. The van der Waals surface area contributed by atoms with Crippen LogP contribution in [0.25, 0.3) is 0 Å². The monoisotopic (exact) mass is 304 g/mol. The second-order valence-corrected chi connectivity index (χ2v) is 5.34. The first-order valence-electron chi connectivity index (χ1n) is 6.67. The molecule has 1 saturated carbocycles. The van der Waals surface area contributed by atoms with Crippen LogP contribution in [0.15, 0.2) is 18.2 Å². The van der Waals surface area contributed by atoms with E-state index in [1.54, 1.807) is 0 Å². The van der Waals surface area contributed by atoms with Gasteiger partial charge >= 0.3 is 6.18 Å². The van der Waals surface area contributed by atoms with Gasteiger partial charge in [0.25, 0.3) is 0 Å². The fourth-order valence-corrected chi connectivity index (χ4v) is 2.63. The first-order chi connectivity index (χ1) is 9.78. The number of rotatable bonds is 3. The molecule has 0 radical (unpaired) electrons. The number of anilines is 1. The van der Waals surface area contributed by atoms with Crippen molar-refractivity contribution in [3.05, 3.63) is 29.6 Å². The van der Waals surface area contributed by atoms with E-state index < -0.39 is 34.6 Å². The van der Waals surface area contributed by atoms with Gasteiger partial charge in [-0.05, 0) is 31.0 Å². The summed E-state index contributed by atoms with van der Waals surface area (Å²) < 4.78 is 51.5. The molecule has 116 valence electrons. The highest BCUT2D eigenvalue weighted by Crippen LogP contribution is 2.39. The molecule has 0 heterocycles. The van der Waals surface area contributed by atoms with Gasteiger partial charge in [-0.1, -0.05) is 12.8 Å². The summed E-state index contributed by atoms with van der Waals surface area (Å²) in [5.41, 5.74) is 3.35. The molecular formula is C14H16F4N2O. The molecule has 2 rings (SSSR count). The first kappa shape index (κ1) is 15.8. The van der Waals surface area contributed by atoms with E-state index in [-0.39, 0.29) is 6.54 Å². The predicted octanol–water partition coefficient (Wildman–Crippen LogP) is 3.30. The van der Waals surface area contributed by atoms with Crippen molar-refractivity contribution in [2.45, 2.75) is 31.9 Å². The average Bonchev–Trinajstić information content (AvgIpc) is 2.90. The minimum atomic E-state index is -4.59. The second-order valence-electron chi connectivity index (χ2n) is 5.34. The quantitative estimate of drug-likeness (QED) is 0.842. The molecule has 1 aromatic carbocycles. The van der Waals surface area contributed by atoms with E-state index in [1.165, 1.54) is 0 Å². The molecule has 0 unspecified atom stereocenters. The predicted molar refractivity (Wildman–Crippen MR) is 70.0 cm³/mol. The average molecular weight is 304 g/mol. The number of carbonyl (C=O) groups excluding carboxylic acids is 1. The van der Waals surface area contributed by atoms with Crippen molar-refractivity contribution in [3.8, 4) is 0 Å². The van der Waals surface area contributed by atoms with Crippen LogP contribution in [-0.4, -0.2) is 12.5 Å². The third kappa shape index (κ3) is 3.18. The Morgan fingerprint density at radius 2 is 1.90 bits per heavy atom. The number of nitrogens with two attached hydrogens (primary N) is 1. The summed E-state index contributed by atoms with van der Waals surface area (Å²) >= 11 is 0. The number of carbonyl (C=O) groups is 1. The Hall–Kier alpha value is -1.63. The minimum absolute atomic E-state index is 0.0966. The van der Waals surface area contributed by atoms with Gasteiger partial charge in [0.2, 0.25) is 5.91 Å².